The fraction of sp³-hybridized carbons (Fsp3) is 0.684. The van der Waals surface area contributed by atoms with E-state index in [0.717, 1.165) is 25.6 Å². The Balaban J connectivity index is 0.00000264. The first-order valence-electron chi connectivity index (χ1n) is 9.01. The molecule has 0 aliphatic carbocycles. The topological polar surface area (TPSA) is 18.5 Å². The molecule has 132 valence electrons. The van der Waals surface area contributed by atoms with Gasteiger partial charge in [0.05, 0.1) is 0 Å². The van der Waals surface area contributed by atoms with Crippen LogP contribution >= 0.6 is 12.4 Å². The van der Waals surface area contributed by atoms with Crippen molar-refractivity contribution in [2.45, 2.75) is 33.2 Å². The van der Waals surface area contributed by atoms with Gasteiger partial charge in [-0.15, -0.1) is 12.4 Å². The predicted octanol–water partition coefficient (Wildman–Crippen LogP) is 3.25. The van der Waals surface area contributed by atoms with Crippen molar-refractivity contribution in [2.24, 2.45) is 5.92 Å². The summed E-state index contributed by atoms with van der Waals surface area (Å²) in [6.45, 7) is 13.9. The summed E-state index contributed by atoms with van der Waals surface area (Å²) in [5.41, 5.74) is 1.44. The molecule has 0 saturated carbocycles. The highest BCUT2D eigenvalue weighted by atomic mass is 35.5. The highest BCUT2D eigenvalue weighted by Gasteiger charge is 2.17. The first kappa shape index (κ1) is 20.4. The molecule has 1 fully saturated rings. The van der Waals surface area contributed by atoms with E-state index in [1.165, 1.54) is 51.1 Å². The van der Waals surface area contributed by atoms with Crippen LogP contribution in [-0.2, 0) is 6.54 Å². The molecule has 1 aromatic carbocycles. The number of nitrogens with zero attached hydrogens (tertiary/aromatic N) is 2. The third-order valence-corrected chi connectivity index (χ3v) is 4.85. The van der Waals surface area contributed by atoms with Crippen LogP contribution in [0.25, 0.3) is 0 Å². The second kappa shape index (κ2) is 11.9. The van der Waals surface area contributed by atoms with Gasteiger partial charge in [-0.2, -0.15) is 0 Å². The van der Waals surface area contributed by atoms with Gasteiger partial charge in [0, 0.05) is 26.2 Å². The molecule has 1 saturated heterocycles. The maximum atomic E-state index is 3.48. The molecule has 1 aliphatic heterocycles. The Kier molecular flexibility index (Phi) is 10.5. The van der Waals surface area contributed by atoms with E-state index in [1.54, 1.807) is 0 Å². The van der Waals surface area contributed by atoms with E-state index in [2.05, 4.69) is 59.3 Å². The number of benzene rings is 1. The minimum absolute atomic E-state index is 0. The van der Waals surface area contributed by atoms with Crippen molar-refractivity contribution in [3.63, 3.8) is 0 Å². The third-order valence-electron chi connectivity index (χ3n) is 4.85. The molecule has 0 aromatic heterocycles. The van der Waals surface area contributed by atoms with Crippen molar-refractivity contribution in [3.8, 4) is 0 Å². The van der Waals surface area contributed by atoms with Crippen molar-refractivity contribution < 1.29 is 0 Å². The van der Waals surface area contributed by atoms with Gasteiger partial charge in [0.1, 0.15) is 0 Å². The van der Waals surface area contributed by atoms with Gasteiger partial charge in [-0.05, 0) is 50.5 Å². The summed E-state index contributed by atoms with van der Waals surface area (Å²) in [4.78, 5) is 5.20. The summed E-state index contributed by atoms with van der Waals surface area (Å²) < 4.78 is 0. The predicted molar refractivity (Wildman–Crippen MR) is 102 cm³/mol. The van der Waals surface area contributed by atoms with Gasteiger partial charge in [0.25, 0.3) is 0 Å². The monoisotopic (exact) mass is 339 g/mol. The maximum absolute atomic E-state index is 3.48. The van der Waals surface area contributed by atoms with Gasteiger partial charge in [-0.25, -0.2) is 0 Å². The Labute approximate surface area is 148 Å². The first-order chi connectivity index (χ1) is 10.8. The minimum atomic E-state index is 0. The molecule has 0 spiro atoms. The number of hydrogen-bond donors (Lipinski definition) is 1. The molecule has 0 bridgehead atoms. The molecule has 1 aromatic rings. The zero-order valence-electron chi connectivity index (χ0n) is 14.8. The molecule has 0 atom stereocenters. The Hall–Kier alpha value is -0.610. The van der Waals surface area contributed by atoms with E-state index in [1.807, 2.05) is 0 Å². The quantitative estimate of drug-likeness (QED) is 0.745. The van der Waals surface area contributed by atoms with E-state index in [9.17, 15) is 0 Å². The van der Waals surface area contributed by atoms with Gasteiger partial charge >= 0.3 is 0 Å². The normalized spacial score (nSPS) is 15.8. The molecule has 0 amide bonds. The van der Waals surface area contributed by atoms with E-state index >= 15 is 0 Å². The largest absolute Gasteiger partial charge is 0.317 e. The fourth-order valence-corrected chi connectivity index (χ4v) is 3.33. The molecule has 1 N–H and O–H groups in total. The number of hydrogen-bond acceptors (Lipinski definition) is 3. The van der Waals surface area contributed by atoms with Crippen LogP contribution in [0.15, 0.2) is 30.3 Å². The summed E-state index contributed by atoms with van der Waals surface area (Å²) in [5, 5.41) is 3.48. The van der Waals surface area contributed by atoms with Crippen LogP contribution in [-0.4, -0.2) is 55.6 Å². The minimum Gasteiger partial charge on any atom is -0.317 e. The van der Waals surface area contributed by atoms with Crippen LogP contribution in [0.2, 0.25) is 0 Å². The molecular weight excluding hydrogens is 306 g/mol. The molecule has 2 rings (SSSR count). The van der Waals surface area contributed by atoms with Crippen molar-refractivity contribution >= 4 is 12.4 Å². The number of piperidine rings is 1. The SMILES string of the molecule is CCN(CC)CCN(Cc1ccccc1)CC1CCNCC1.Cl. The van der Waals surface area contributed by atoms with Crippen LogP contribution in [0.3, 0.4) is 0 Å². The lowest BCUT2D eigenvalue weighted by Gasteiger charge is -2.31. The molecule has 1 heterocycles. The van der Waals surface area contributed by atoms with Crippen molar-refractivity contribution in [2.75, 3.05) is 45.8 Å². The standard InChI is InChI=1S/C19H33N3.ClH/c1-3-21(4-2)14-15-22(16-18-8-6-5-7-9-18)17-19-10-12-20-13-11-19;/h5-9,19-20H,3-4,10-17H2,1-2H3;1H. The number of rotatable bonds is 9. The number of likely N-dealkylation sites (N-methyl/N-ethyl adjacent to an activating group) is 1. The average molecular weight is 340 g/mol. The second-order valence-electron chi connectivity index (χ2n) is 6.44. The Bertz CT molecular complexity index is 389. The molecule has 0 unspecified atom stereocenters. The molecule has 3 nitrogen and oxygen atoms in total. The van der Waals surface area contributed by atoms with Gasteiger partial charge in [0.2, 0.25) is 0 Å². The lowest BCUT2D eigenvalue weighted by atomic mass is 9.97. The zero-order chi connectivity index (χ0) is 15.6. The highest BCUT2D eigenvalue weighted by Crippen LogP contribution is 2.15. The molecule has 23 heavy (non-hydrogen) atoms. The number of nitrogens with one attached hydrogen (secondary N) is 1. The summed E-state index contributed by atoms with van der Waals surface area (Å²) in [6, 6.07) is 10.9. The summed E-state index contributed by atoms with van der Waals surface area (Å²) in [5.74, 6) is 0.863. The highest BCUT2D eigenvalue weighted by molar-refractivity contribution is 5.85. The van der Waals surface area contributed by atoms with Crippen LogP contribution in [0.5, 0.6) is 0 Å². The maximum Gasteiger partial charge on any atom is 0.0234 e. The average Bonchev–Trinajstić information content (AvgIpc) is 2.57. The smallest absolute Gasteiger partial charge is 0.0234 e. The first-order valence-corrected chi connectivity index (χ1v) is 9.01. The second-order valence-corrected chi connectivity index (χ2v) is 6.44. The van der Waals surface area contributed by atoms with E-state index in [0.29, 0.717) is 0 Å². The number of halogens is 1. The lowest BCUT2D eigenvalue weighted by Crippen LogP contribution is -2.39. The third kappa shape index (κ3) is 7.67. The van der Waals surface area contributed by atoms with Gasteiger partial charge < -0.3 is 10.2 Å². The Morgan fingerprint density at radius 2 is 1.57 bits per heavy atom. The van der Waals surface area contributed by atoms with Crippen molar-refractivity contribution in [3.05, 3.63) is 35.9 Å². The molecular formula is C19H34ClN3. The van der Waals surface area contributed by atoms with Crippen molar-refractivity contribution in [1.29, 1.82) is 0 Å². The fourth-order valence-electron chi connectivity index (χ4n) is 3.33. The van der Waals surface area contributed by atoms with Crippen LogP contribution in [0.1, 0.15) is 32.3 Å². The van der Waals surface area contributed by atoms with Crippen LogP contribution < -0.4 is 5.32 Å². The van der Waals surface area contributed by atoms with Crippen LogP contribution in [0.4, 0.5) is 0 Å². The molecule has 1 aliphatic rings. The Morgan fingerprint density at radius 1 is 0.957 bits per heavy atom. The molecule has 0 radical (unpaired) electrons. The van der Waals surface area contributed by atoms with Crippen molar-refractivity contribution in [1.82, 2.24) is 15.1 Å². The lowest BCUT2D eigenvalue weighted by molar-refractivity contribution is 0.170. The molecule has 4 heteroatoms. The van der Waals surface area contributed by atoms with E-state index in [-0.39, 0.29) is 12.4 Å². The van der Waals surface area contributed by atoms with E-state index in [4.69, 9.17) is 0 Å². The summed E-state index contributed by atoms with van der Waals surface area (Å²) >= 11 is 0. The van der Waals surface area contributed by atoms with Gasteiger partial charge in [-0.3, -0.25) is 4.90 Å². The summed E-state index contributed by atoms with van der Waals surface area (Å²) in [7, 11) is 0. The van der Waals surface area contributed by atoms with Gasteiger partial charge in [0.15, 0.2) is 0 Å². The van der Waals surface area contributed by atoms with Crippen LogP contribution in [0, 0.1) is 5.92 Å². The van der Waals surface area contributed by atoms with E-state index < -0.39 is 0 Å². The van der Waals surface area contributed by atoms with Gasteiger partial charge in [-0.1, -0.05) is 44.2 Å². The summed E-state index contributed by atoms with van der Waals surface area (Å²) in [6.07, 6.45) is 2.66. The zero-order valence-corrected chi connectivity index (χ0v) is 15.7. The Morgan fingerprint density at radius 3 is 2.17 bits per heavy atom.